The van der Waals surface area contributed by atoms with Crippen molar-refractivity contribution in [3.05, 3.63) is 33.3 Å². The normalized spacial score (nSPS) is 11.3. The second kappa shape index (κ2) is 6.48. The van der Waals surface area contributed by atoms with Crippen LogP contribution in [0.15, 0.2) is 22.7 Å². The molecule has 0 aromatic heterocycles. The molecule has 100 valence electrons. The molecular weight excluding hydrogens is 346 g/mol. The van der Waals surface area contributed by atoms with Crippen LogP contribution in [0.4, 0.5) is 0 Å². The quantitative estimate of drug-likeness (QED) is 0.682. The zero-order chi connectivity index (χ0) is 13.8. The summed E-state index contributed by atoms with van der Waals surface area (Å²) in [5.41, 5.74) is 2.32. The minimum Gasteiger partial charge on any atom is -0.306 e. The molecule has 0 aliphatic carbocycles. The highest BCUT2D eigenvalue weighted by molar-refractivity contribution is 9.10. The Morgan fingerprint density at radius 1 is 1.44 bits per heavy atom. The summed E-state index contributed by atoms with van der Waals surface area (Å²) in [5.74, 6) is -0.909. The molecule has 6 nitrogen and oxygen atoms in total. The van der Waals surface area contributed by atoms with E-state index in [4.69, 9.17) is 11.6 Å². The van der Waals surface area contributed by atoms with Crippen molar-refractivity contribution in [1.29, 1.82) is 0 Å². The van der Waals surface area contributed by atoms with E-state index in [1.165, 1.54) is 13.1 Å². The summed E-state index contributed by atoms with van der Waals surface area (Å²) in [4.78, 5) is 13.7. The first-order chi connectivity index (χ1) is 8.35. The van der Waals surface area contributed by atoms with Gasteiger partial charge in [-0.15, -0.1) is 4.83 Å². The van der Waals surface area contributed by atoms with Crippen LogP contribution in [-0.2, 0) is 10.0 Å². The number of hydrogen-bond acceptors (Lipinski definition) is 4. The second-order valence-corrected chi connectivity index (χ2v) is 6.31. The molecule has 0 unspecified atom stereocenters. The Bertz CT molecular complexity index is 550. The highest BCUT2D eigenvalue weighted by atomic mass is 79.9. The first-order valence-corrected chi connectivity index (χ1v) is 7.57. The summed E-state index contributed by atoms with van der Waals surface area (Å²) < 4.78 is 23.1. The van der Waals surface area contributed by atoms with Crippen LogP contribution in [0.5, 0.6) is 0 Å². The van der Waals surface area contributed by atoms with Gasteiger partial charge in [0.1, 0.15) is 5.88 Å². The van der Waals surface area contributed by atoms with Crippen LogP contribution >= 0.6 is 27.5 Å². The van der Waals surface area contributed by atoms with Crippen LogP contribution < -0.4 is 15.6 Å². The van der Waals surface area contributed by atoms with Gasteiger partial charge >= 0.3 is 0 Å². The number of amides is 1. The molecule has 1 amide bonds. The molecule has 0 saturated heterocycles. The van der Waals surface area contributed by atoms with Crippen molar-refractivity contribution in [3.8, 4) is 0 Å². The molecule has 9 heteroatoms. The molecule has 0 bridgehead atoms. The fourth-order valence-electron chi connectivity index (χ4n) is 1.09. The van der Waals surface area contributed by atoms with E-state index in [1.807, 2.05) is 4.83 Å². The molecule has 1 aromatic carbocycles. The molecule has 1 aromatic rings. The van der Waals surface area contributed by atoms with Gasteiger partial charge in [-0.25, -0.2) is 8.42 Å². The standard InChI is InChI=1S/C9H11BrClN3O3S/c1-12-5-18(16,17)14-13-9(15)7-4-6(11)2-3-8(7)10/h2-4,12,14H,5H2,1H3,(H,13,15). The van der Waals surface area contributed by atoms with Gasteiger partial charge in [-0.1, -0.05) is 11.6 Å². The van der Waals surface area contributed by atoms with Gasteiger partial charge < -0.3 is 5.32 Å². The number of hydrogen-bond donors (Lipinski definition) is 3. The van der Waals surface area contributed by atoms with Gasteiger partial charge in [-0.2, -0.15) is 0 Å². The van der Waals surface area contributed by atoms with E-state index in [2.05, 4.69) is 26.7 Å². The van der Waals surface area contributed by atoms with Crippen molar-refractivity contribution in [3.63, 3.8) is 0 Å². The van der Waals surface area contributed by atoms with Crippen LogP contribution in [0.3, 0.4) is 0 Å². The van der Waals surface area contributed by atoms with Crippen molar-refractivity contribution in [1.82, 2.24) is 15.6 Å². The van der Waals surface area contributed by atoms with Crippen molar-refractivity contribution in [2.75, 3.05) is 12.9 Å². The fraction of sp³-hybridized carbons (Fsp3) is 0.222. The minimum atomic E-state index is -3.60. The lowest BCUT2D eigenvalue weighted by atomic mass is 10.2. The Morgan fingerprint density at radius 2 is 2.11 bits per heavy atom. The van der Waals surface area contributed by atoms with Crippen LogP contribution in [0.25, 0.3) is 0 Å². The molecule has 0 aliphatic rings. The Labute approximate surface area is 118 Å². The molecule has 0 fully saturated rings. The van der Waals surface area contributed by atoms with Crippen molar-refractivity contribution in [2.45, 2.75) is 0 Å². The zero-order valence-electron chi connectivity index (χ0n) is 9.33. The summed E-state index contributed by atoms with van der Waals surface area (Å²) in [6.07, 6.45) is 0. The predicted octanol–water partition coefficient (Wildman–Crippen LogP) is 0.844. The number of benzene rings is 1. The van der Waals surface area contributed by atoms with Crippen molar-refractivity contribution in [2.24, 2.45) is 0 Å². The highest BCUT2D eigenvalue weighted by Gasteiger charge is 2.14. The van der Waals surface area contributed by atoms with Crippen molar-refractivity contribution < 1.29 is 13.2 Å². The van der Waals surface area contributed by atoms with E-state index in [1.54, 1.807) is 12.1 Å². The second-order valence-electron chi connectivity index (χ2n) is 3.29. The van der Waals surface area contributed by atoms with E-state index < -0.39 is 15.9 Å². The van der Waals surface area contributed by atoms with E-state index >= 15 is 0 Å². The molecular formula is C9H11BrClN3O3S. The largest absolute Gasteiger partial charge is 0.306 e. The molecule has 0 radical (unpaired) electrons. The third-order valence-electron chi connectivity index (χ3n) is 1.83. The molecule has 18 heavy (non-hydrogen) atoms. The third kappa shape index (κ3) is 4.54. The number of carbonyl (C=O) groups excluding carboxylic acids is 1. The average Bonchev–Trinajstić information content (AvgIpc) is 2.29. The SMILES string of the molecule is CNCS(=O)(=O)NNC(=O)c1cc(Cl)ccc1Br. The average molecular weight is 357 g/mol. The minimum absolute atomic E-state index is 0.231. The fourth-order valence-corrected chi connectivity index (χ4v) is 2.39. The van der Waals surface area contributed by atoms with Gasteiger partial charge in [0.05, 0.1) is 5.56 Å². The lowest BCUT2D eigenvalue weighted by Gasteiger charge is -2.09. The number of carbonyl (C=O) groups is 1. The van der Waals surface area contributed by atoms with Crippen LogP contribution in [0, 0.1) is 0 Å². The van der Waals surface area contributed by atoms with Gasteiger partial charge in [-0.05, 0) is 41.2 Å². The summed E-state index contributed by atoms with van der Waals surface area (Å²) >= 11 is 8.92. The predicted molar refractivity (Wildman–Crippen MR) is 72.6 cm³/mol. The molecule has 0 atom stereocenters. The Morgan fingerprint density at radius 3 is 2.72 bits per heavy atom. The Balaban J connectivity index is 2.75. The Hall–Kier alpha value is -0.670. The van der Waals surface area contributed by atoms with E-state index in [9.17, 15) is 13.2 Å². The lowest BCUT2D eigenvalue weighted by molar-refractivity contribution is 0.0944. The number of nitrogens with one attached hydrogen (secondary N) is 3. The first-order valence-electron chi connectivity index (χ1n) is 4.75. The lowest BCUT2D eigenvalue weighted by Crippen LogP contribution is -2.44. The van der Waals surface area contributed by atoms with Gasteiger partial charge in [0, 0.05) is 9.50 Å². The van der Waals surface area contributed by atoms with Crippen LogP contribution in [-0.4, -0.2) is 27.2 Å². The number of sulfonamides is 1. The molecule has 0 spiro atoms. The van der Waals surface area contributed by atoms with Gasteiger partial charge in [0.15, 0.2) is 0 Å². The number of hydrazine groups is 1. The summed E-state index contributed by atoms with van der Waals surface area (Å²) in [6.45, 7) is 0. The molecule has 1 rings (SSSR count). The first kappa shape index (κ1) is 15.4. The van der Waals surface area contributed by atoms with Gasteiger partial charge in [0.25, 0.3) is 5.91 Å². The van der Waals surface area contributed by atoms with Crippen molar-refractivity contribution >= 4 is 43.5 Å². The molecule has 0 saturated carbocycles. The summed E-state index contributed by atoms with van der Waals surface area (Å²) in [5, 5.41) is 2.84. The maximum Gasteiger partial charge on any atom is 0.267 e. The summed E-state index contributed by atoms with van der Waals surface area (Å²) in [6, 6.07) is 4.63. The van der Waals surface area contributed by atoms with E-state index in [-0.39, 0.29) is 11.4 Å². The number of halogens is 2. The molecule has 3 N–H and O–H groups in total. The molecule has 0 heterocycles. The zero-order valence-corrected chi connectivity index (χ0v) is 12.5. The molecule has 0 aliphatic heterocycles. The van der Waals surface area contributed by atoms with Crippen LogP contribution in [0.2, 0.25) is 5.02 Å². The maximum absolute atomic E-state index is 11.7. The monoisotopic (exact) mass is 355 g/mol. The van der Waals surface area contributed by atoms with Gasteiger partial charge in [0.2, 0.25) is 10.0 Å². The third-order valence-corrected chi connectivity index (χ3v) is 3.84. The van der Waals surface area contributed by atoms with E-state index in [0.717, 1.165) is 0 Å². The summed E-state index contributed by atoms with van der Waals surface area (Å²) in [7, 11) is -2.12. The topological polar surface area (TPSA) is 87.3 Å². The number of rotatable bonds is 5. The van der Waals surface area contributed by atoms with Crippen LogP contribution in [0.1, 0.15) is 10.4 Å². The smallest absolute Gasteiger partial charge is 0.267 e. The van der Waals surface area contributed by atoms with E-state index in [0.29, 0.717) is 9.50 Å². The highest BCUT2D eigenvalue weighted by Crippen LogP contribution is 2.20. The van der Waals surface area contributed by atoms with Gasteiger partial charge in [-0.3, -0.25) is 10.2 Å². The Kier molecular flexibility index (Phi) is 5.54. The maximum atomic E-state index is 11.7.